The van der Waals surface area contributed by atoms with Crippen molar-refractivity contribution in [1.82, 2.24) is 0 Å². The number of aliphatic hydroxyl groups excluding tert-OH is 2. The number of aliphatic hydroxyl groups is 2. The van der Waals surface area contributed by atoms with Crippen LogP contribution in [0.15, 0.2) is 42.5 Å². The highest BCUT2D eigenvalue weighted by Crippen LogP contribution is 2.45. The average molecular weight is 390 g/mol. The third-order valence-corrected chi connectivity index (χ3v) is 5.68. The number of hydrogen-bond donors (Lipinski definition) is 3. The Hall–Kier alpha value is -1.89. The van der Waals surface area contributed by atoms with Crippen LogP contribution in [0.1, 0.15) is 38.5 Å². The van der Waals surface area contributed by atoms with Crippen molar-refractivity contribution in [2.75, 3.05) is 6.61 Å². The number of carbonyl (C=O) groups is 1. The summed E-state index contributed by atoms with van der Waals surface area (Å²) in [6.45, 7) is 0.167. The van der Waals surface area contributed by atoms with Gasteiger partial charge in [0, 0.05) is 18.8 Å². The molecule has 1 heterocycles. The number of para-hydroxylation sites is 1. The number of carboxylic acids is 1. The lowest BCUT2D eigenvalue weighted by molar-refractivity contribution is -0.137. The number of carboxylic acid groups (broad SMARTS) is 1. The van der Waals surface area contributed by atoms with Crippen LogP contribution in [0.2, 0.25) is 0 Å². The van der Waals surface area contributed by atoms with Gasteiger partial charge >= 0.3 is 5.97 Å². The summed E-state index contributed by atoms with van der Waals surface area (Å²) in [7, 11) is 0. The second kappa shape index (κ2) is 10.0. The van der Waals surface area contributed by atoms with Gasteiger partial charge in [0.1, 0.15) is 18.5 Å². The summed E-state index contributed by atoms with van der Waals surface area (Å²) in [5.41, 5.74) is 0. The van der Waals surface area contributed by atoms with Gasteiger partial charge in [-0.2, -0.15) is 0 Å². The molecule has 1 aliphatic carbocycles. The molecule has 1 saturated heterocycles. The van der Waals surface area contributed by atoms with Gasteiger partial charge in [0.15, 0.2) is 0 Å². The molecule has 3 N–H and O–H groups in total. The predicted octanol–water partition coefficient (Wildman–Crippen LogP) is 2.78. The SMILES string of the molecule is O=C(O)CCCCC1C[C@@H]2[C@@H](C=C[C@@H](O)COc3ccccc3)[C@H](O)C[C@H]2O1. The van der Waals surface area contributed by atoms with Crippen LogP contribution in [0.5, 0.6) is 5.75 Å². The average Bonchev–Trinajstić information content (AvgIpc) is 3.19. The van der Waals surface area contributed by atoms with E-state index in [1.54, 1.807) is 6.08 Å². The minimum atomic E-state index is -0.757. The van der Waals surface area contributed by atoms with Gasteiger partial charge in [-0.25, -0.2) is 0 Å². The number of ether oxygens (including phenoxy) is 2. The molecule has 0 amide bonds. The summed E-state index contributed by atoms with van der Waals surface area (Å²) in [5, 5.41) is 29.2. The maximum atomic E-state index is 10.6. The Morgan fingerprint density at radius 3 is 2.79 bits per heavy atom. The Morgan fingerprint density at radius 2 is 2.04 bits per heavy atom. The molecule has 1 unspecified atom stereocenters. The lowest BCUT2D eigenvalue weighted by Crippen LogP contribution is -2.20. The molecule has 6 atom stereocenters. The number of fused-ring (bicyclic) bond motifs is 1. The van der Waals surface area contributed by atoms with Crippen LogP contribution in [-0.4, -0.2) is 52.3 Å². The molecule has 1 aromatic rings. The lowest BCUT2D eigenvalue weighted by atomic mass is 9.89. The maximum Gasteiger partial charge on any atom is 0.303 e. The molecule has 1 aliphatic heterocycles. The normalized spacial score (nSPS) is 30.4. The van der Waals surface area contributed by atoms with Crippen molar-refractivity contribution in [3.63, 3.8) is 0 Å². The van der Waals surface area contributed by atoms with Crippen molar-refractivity contribution < 1.29 is 29.6 Å². The molecule has 0 spiro atoms. The van der Waals surface area contributed by atoms with E-state index in [1.807, 2.05) is 36.4 Å². The molecular formula is C22H30O6. The Bertz CT molecular complexity index is 646. The van der Waals surface area contributed by atoms with Crippen LogP contribution >= 0.6 is 0 Å². The van der Waals surface area contributed by atoms with Crippen LogP contribution in [0.3, 0.4) is 0 Å². The quantitative estimate of drug-likeness (QED) is 0.420. The van der Waals surface area contributed by atoms with Gasteiger partial charge in [0.25, 0.3) is 0 Å². The smallest absolute Gasteiger partial charge is 0.303 e. The van der Waals surface area contributed by atoms with E-state index < -0.39 is 18.2 Å². The molecule has 0 radical (unpaired) electrons. The standard InChI is InChI=1S/C22H30O6/c23-15(14-27-16-6-2-1-3-7-16)10-11-18-19-12-17(8-4-5-9-22(25)26)28-21(19)13-20(18)24/h1-3,6-7,10-11,15,17-21,23-24H,4-5,8-9,12-14H2,(H,25,26)/t15-,17?,18-,19-,20-,21-/m1/s1. The largest absolute Gasteiger partial charge is 0.491 e. The van der Waals surface area contributed by atoms with Crippen molar-refractivity contribution in [3.05, 3.63) is 42.5 Å². The van der Waals surface area contributed by atoms with Gasteiger partial charge < -0.3 is 24.8 Å². The first-order valence-electron chi connectivity index (χ1n) is 10.1. The second-order valence-electron chi connectivity index (χ2n) is 7.79. The summed E-state index contributed by atoms with van der Waals surface area (Å²) >= 11 is 0. The summed E-state index contributed by atoms with van der Waals surface area (Å²) in [4.78, 5) is 10.6. The zero-order chi connectivity index (χ0) is 19.9. The summed E-state index contributed by atoms with van der Waals surface area (Å²) in [5.74, 6) is 0.177. The predicted molar refractivity (Wildman–Crippen MR) is 104 cm³/mol. The molecule has 0 aromatic heterocycles. The summed E-state index contributed by atoms with van der Waals surface area (Å²) < 4.78 is 11.6. The Kier molecular flexibility index (Phi) is 7.48. The Labute approximate surface area is 165 Å². The van der Waals surface area contributed by atoms with Crippen molar-refractivity contribution in [2.24, 2.45) is 11.8 Å². The van der Waals surface area contributed by atoms with Crippen molar-refractivity contribution in [2.45, 2.75) is 62.9 Å². The van der Waals surface area contributed by atoms with E-state index in [0.717, 1.165) is 19.3 Å². The first-order valence-corrected chi connectivity index (χ1v) is 10.1. The minimum Gasteiger partial charge on any atom is -0.491 e. The van der Waals surface area contributed by atoms with Crippen LogP contribution in [-0.2, 0) is 9.53 Å². The third kappa shape index (κ3) is 5.80. The molecule has 1 aromatic carbocycles. The molecule has 2 aliphatic rings. The number of aliphatic carboxylic acids is 1. The van der Waals surface area contributed by atoms with Gasteiger partial charge in [0.2, 0.25) is 0 Å². The van der Waals surface area contributed by atoms with Crippen molar-refractivity contribution >= 4 is 5.97 Å². The highest BCUT2D eigenvalue weighted by Gasteiger charge is 2.47. The highest BCUT2D eigenvalue weighted by atomic mass is 16.5. The number of benzene rings is 1. The molecule has 2 fully saturated rings. The molecule has 3 rings (SSSR count). The van der Waals surface area contributed by atoms with Gasteiger partial charge in [-0.15, -0.1) is 0 Å². The fourth-order valence-corrected chi connectivity index (χ4v) is 4.29. The summed E-state index contributed by atoms with van der Waals surface area (Å²) in [6, 6.07) is 9.35. The first kappa shape index (κ1) is 20.8. The van der Waals surface area contributed by atoms with Crippen LogP contribution < -0.4 is 4.74 Å². The van der Waals surface area contributed by atoms with E-state index in [2.05, 4.69) is 0 Å². The fourth-order valence-electron chi connectivity index (χ4n) is 4.29. The molecular weight excluding hydrogens is 360 g/mol. The molecule has 28 heavy (non-hydrogen) atoms. The summed E-state index contributed by atoms with van der Waals surface area (Å²) in [6.07, 6.45) is 6.67. The van der Waals surface area contributed by atoms with Crippen LogP contribution in [0, 0.1) is 11.8 Å². The molecule has 154 valence electrons. The van der Waals surface area contributed by atoms with Gasteiger partial charge in [-0.3, -0.25) is 4.79 Å². The van der Waals surface area contributed by atoms with Gasteiger partial charge in [-0.1, -0.05) is 36.8 Å². The van der Waals surface area contributed by atoms with E-state index in [-0.39, 0.29) is 37.1 Å². The number of unbranched alkanes of at least 4 members (excludes halogenated alkanes) is 1. The Balaban J connectivity index is 1.44. The maximum absolute atomic E-state index is 10.6. The van der Waals surface area contributed by atoms with E-state index in [1.165, 1.54) is 0 Å². The third-order valence-electron chi connectivity index (χ3n) is 5.68. The number of rotatable bonds is 10. The molecule has 6 heteroatoms. The van der Waals surface area contributed by atoms with Gasteiger partial charge in [-0.05, 0) is 37.3 Å². The fraction of sp³-hybridized carbons (Fsp3) is 0.591. The van der Waals surface area contributed by atoms with E-state index >= 15 is 0 Å². The zero-order valence-electron chi connectivity index (χ0n) is 16.0. The minimum absolute atomic E-state index is 0.0274. The molecule has 1 saturated carbocycles. The van der Waals surface area contributed by atoms with Crippen LogP contribution in [0.4, 0.5) is 0 Å². The highest BCUT2D eigenvalue weighted by molar-refractivity contribution is 5.66. The molecule has 6 nitrogen and oxygen atoms in total. The van der Waals surface area contributed by atoms with Gasteiger partial charge in [0.05, 0.1) is 18.3 Å². The second-order valence-corrected chi connectivity index (χ2v) is 7.79. The van der Waals surface area contributed by atoms with Crippen molar-refractivity contribution in [1.29, 1.82) is 0 Å². The van der Waals surface area contributed by atoms with Crippen molar-refractivity contribution in [3.8, 4) is 5.75 Å². The van der Waals surface area contributed by atoms with Crippen LogP contribution in [0.25, 0.3) is 0 Å². The first-order chi connectivity index (χ1) is 13.5. The zero-order valence-corrected chi connectivity index (χ0v) is 16.0. The lowest BCUT2D eigenvalue weighted by Gasteiger charge is -2.18. The monoisotopic (exact) mass is 390 g/mol. The molecule has 0 bridgehead atoms. The van der Waals surface area contributed by atoms with E-state index in [0.29, 0.717) is 18.6 Å². The number of hydrogen-bond acceptors (Lipinski definition) is 5. The van der Waals surface area contributed by atoms with E-state index in [9.17, 15) is 15.0 Å². The van der Waals surface area contributed by atoms with E-state index in [4.69, 9.17) is 14.6 Å². The topological polar surface area (TPSA) is 96.2 Å². The Morgan fingerprint density at radius 1 is 1.25 bits per heavy atom.